The number of hydrogen-bond acceptors (Lipinski definition) is 0. The smallest absolute Gasteiger partial charge is 0.00386 e. The first kappa shape index (κ1) is 33.6. The highest BCUT2D eigenvalue weighted by Gasteiger charge is 2.09. The zero-order valence-electron chi connectivity index (χ0n) is 28.4. The molecule has 0 saturated heterocycles. The topological polar surface area (TPSA) is 0 Å². The van der Waals surface area contributed by atoms with Gasteiger partial charge >= 0.3 is 0 Å². The zero-order chi connectivity index (χ0) is 34.0. The maximum Gasteiger partial charge on any atom is -0.00386 e. The second kappa shape index (κ2) is 15.7. The summed E-state index contributed by atoms with van der Waals surface area (Å²) in [6.07, 6.45) is 19.1. The largest absolute Gasteiger partial charge is 0.0918 e. The average Bonchev–Trinajstić information content (AvgIpc) is 3.12. The molecule has 1 aliphatic rings. The maximum atomic E-state index is 4.54. The molecule has 48 heavy (non-hydrogen) atoms. The lowest BCUT2D eigenvalue weighted by Crippen LogP contribution is -2.06. The molecular formula is C48H44. The van der Waals surface area contributed by atoms with E-state index in [1.807, 2.05) is 30.4 Å². The van der Waals surface area contributed by atoms with Gasteiger partial charge in [0, 0.05) is 0 Å². The van der Waals surface area contributed by atoms with Gasteiger partial charge in [0.1, 0.15) is 0 Å². The lowest BCUT2D eigenvalue weighted by Gasteiger charge is -2.12. The number of fused-ring (bicyclic) bond motifs is 1. The Hall–Kier alpha value is -5.72. The highest BCUT2D eigenvalue weighted by Crippen LogP contribution is 2.30. The minimum Gasteiger partial charge on any atom is -0.0918 e. The van der Waals surface area contributed by atoms with Crippen molar-refractivity contribution in [2.75, 3.05) is 0 Å². The van der Waals surface area contributed by atoms with Crippen LogP contribution in [0.3, 0.4) is 0 Å². The molecule has 0 bridgehead atoms. The van der Waals surface area contributed by atoms with E-state index in [4.69, 9.17) is 0 Å². The molecule has 4 aromatic carbocycles. The van der Waals surface area contributed by atoms with Crippen LogP contribution in [-0.2, 0) is 0 Å². The molecule has 0 N–H and O–H groups in total. The Morgan fingerprint density at radius 3 is 1.85 bits per heavy atom. The molecule has 0 radical (unpaired) electrons. The van der Waals surface area contributed by atoms with Gasteiger partial charge < -0.3 is 0 Å². The lowest BCUT2D eigenvalue weighted by atomic mass is 9.92. The molecular weight excluding hydrogens is 577 g/mol. The molecule has 0 aliphatic heterocycles. The van der Waals surface area contributed by atoms with Crippen molar-refractivity contribution in [1.29, 1.82) is 0 Å². The Morgan fingerprint density at radius 2 is 1.12 bits per heavy atom. The van der Waals surface area contributed by atoms with Crippen molar-refractivity contribution in [3.63, 3.8) is 0 Å². The molecule has 0 amide bonds. The normalized spacial score (nSPS) is 18.6. The van der Waals surface area contributed by atoms with Crippen LogP contribution in [0.25, 0.3) is 51.8 Å². The Labute approximate surface area is 286 Å². The summed E-state index contributed by atoms with van der Waals surface area (Å²) in [5.74, 6) is 0.287. The highest BCUT2D eigenvalue weighted by atomic mass is 14.1. The van der Waals surface area contributed by atoms with Gasteiger partial charge in [-0.1, -0.05) is 191 Å². The van der Waals surface area contributed by atoms with Crippen molar-refractivity contribution in [2.24, 2.45) is 5.92 Å². The molecule has 1 atom stereocenters. The molecule has 5 rings (SSSR count). The third kappa shape index (κ3) is 8.16. The minimum absolute atomic E-state index is 0.287. The standard InChI is InChI=1S/C48H44/c1-34-16-15-23-44(36(3)27-26-35(2)25-24-34)37(4)28-29-40(7)47-38(5)17-11-12-18-39(6)48(46-22-14-13-21-45(46)47)43-32-30-42(31-33-43)41-19-9-8-10-20-41/h8-33,35H,1,3,5-6H2,2,4,7H3/b16-15-,17-11?,18-12?,25-24-,27-26-,37-28+,40-29+,44-23+,47-45?,48-46?. The van der Waals surface area contributed by atoms with E-state index in [-0.39, 0.29) is 5.92 Å². The number of rotatable bonds is 5. The third-order valence-corrected chi connectivity index (χ3v) is 8.63. The van der Waals surface area contributed by atoms with Gasteiger partial charge in [-0.25, -0.2) is 0 Å². The second-order valence-electron chi connectivity index (χ2n) is 12.3. The first-order valence-corrected chi connectivity index (χ1v) is 16.4. The zero-order valence-corrected chi connectivity index (χ0v) is 28.4. The molecule has 1 aliphatic carbocycles. The maximum absolute atomic E-state index is 4.54. The first-order valence-electron chi connectivity index (χ1n) is 16.4. The molecule has 0 saturated carbocycles. The molecule has 236 valence electrons. The van der Waals surface area contributed by atoms with Crippen LogP contribution in [0, 0.1) is 5.92 Å². The molecule has 0 fully saturated rings. The fraction of sp³-hybridized carbons (Fsp3) is 0.0833. The van der Waals surface area contributed by atoms with Crippen LogP contribution in [0.1, 0.15) is 26.3 Å². The molecule has 1 unspecified atom stereocenters. The molecule has 0 aromatic heterocycles. The fourth-order valence-electron chi connectivity index (χ4n) is 5.98. The summed E-state index contributed by atoms with van der Waals surface area (Å²) in [5.41, 5.74) is 11.0. The van der Waals surface area contributed by atoms with Gasteiger partial charge in [-0.05, 0) is 96.7 Å². The van der Waals surface area contributed by atoms with Crippen LogP contribution in [0.4, 0.5) is 0 Å². The van der Waals surface area contributed by atoms with E-state index >= 15 is 0 Å². The van der Waals surface area contributed by atoms with E-state index in [0.717, 1.165) is 65.8 Å². The van der Waals surface area contributed by atoms with Gasteiger partial charge in [0.25, 0.3) is 0 Å². The van der Waals surface area contributed by atoms with E-state index in [9.17, 15) is 0 Å². The van der Waals surface area contributed by atoms with Gasteiger partial charge in [-0.15, -0.1) is 0 Å². The van der Waals surface area contributed by atoms with Gasteiger partial charge in [-0.2, -0.15) is 0 Å². The van der Waals surface area contributed by atoms with Crippen molar-refractivity contribution in [3.8, 4) is 22.3 Å². The molecule has 4 aromatic rings. The van der Waals surface area contributed by atoms with Crippen molar-refractivity contribution in [3.05, 3.63) is 209 Å². The van der Waals surface area contributed by atoms with Crippen LogP contribution < -0.4 is 10.4 Å². The first-order chi connectivity index (χ1) is 23.2. The Bertz CT molecular complexity index is 2190. The summed E-state index contributed by atoms with van der Waals surface area (Å²) in [4.78, 5) is 0. The van der Waals surface area contributed by atoms with E-state index in [1.54, 1.807) is 0 Å². The summed E-state index contributed by atoms with van der Waals surface area (Å²) >= 11 is 0. The quantitative estimate of drug-likeness (QED) is 0.195. The summed E-state index contributed by atoms with van der Waals surface area (Å²) < 4.78 is 0. The predicted molar refractivity (Wildman–Crippen MR) is 213 cm³/mol. The van der Waals surface area contributed by atoms with E-state index < -0.39 is 0 Å². The van der Waals surface area contributed by atoms with Gasteiger partial charge in [0.2, 0.25) is 0 Å². The van der Waals surface area contributed by atoms with Gasteiger partial charge in [-0.3, -0.25) is 0 Å². The molecule has 0 spiro atoms. The lowest BCUT2D eigenvalue weighted by molar-refractivity contribution is 0.938. The number of benzene rings is 3. The SMILES string of the molecule is C=C1\C=C/C=C(/C(C)=C/C=C(\C)c2c(=C)ccccc(=C)c(-c3ccc(-c4ccccc4)cc3)c3ccccc23)C(=C)/C=C\C(C)/C=C\1. The van der Waals surface area contributed by atoms with Crippen molar-refractivity contribution in [1.82, 2.24) is 0 Å². The highest BCUT2D eigenvalue weighted by molar-refractivity contribution is 6.01. The van der Waals surface area contributed by atoms with E-state index in [1.165, 1.54) is 11.1 Å². The third-order valence-electron chi connectivity index (χ3n) is 8.63. The van der Waals surface area contributed by atoms with Crippen LogP contribution in [0.2, 0.25) is 0 Å². The summed E-state index contributed by atoms with van der Waals surface area (Å²) in [6.45, 7) is 24.1. The van der Waals surface area contributed by atoms with Crippen molar-refractivity contribution < 1.29 is 0 Å². The minimum atomic E-state index is 0.287. The Kier molecular flexibility index (Phi) is 11.0. The number of allylic oxidation sites excluding steroid dienone is 14. The monoisotopic (exact) mass is 620 g/mol. The summed E-state index contributed by atoms with van der Waals surface area (Å²) in [6, 6.07) is 36.1. The van der Waals surface area contributed by atoms with Gasteiger partial charge in [0.15, 0.2) is 0 Å². The van der Waals surface area contributed by atoms with E-state index in [0.29, 0.717) is 0 Å². The predicted octanol–water partition coefficient (Wildman–Crippen LogP) is 11.8. The van der Waals surface area contributed by atoms with Crippen LogP contribution in [0.15, 0.2) is 193 Å². The molecule has 0 heterocycles. The second-order valence-corrected chi connectivity index (χ2v) is 12.3. The average molecular weight is 621 g/mol. The van der Waals surface area contributed by atoms with Crippen LogP contribution in [0.5, 0.6) is 0 Å². The van der Waals surface area contributed by atoms with Crippen LogP contribution >= 0.6 is 0 Å². The van der Waals surface area contributed by atoms with E-state index in [2.05, 4.69) is 175 Å². The van der Waals surface area contributed by atoms with Crippen molar-refractivity contribution >= 4 is 29.5 Å². The Morgan fingerprint density at radius 1 is 0.562 bits per heavy atom. The van der Waals surface area contributed by atoms with Crippen molar-refractivity contribution in [2.45, 2.75) is 20.8 Å². The van der Waals surface area contributed by atoms with Gasteiger partial charge in [0.05, 0.1) is 0 Å². The number of hydrogen-bond donors (Lipinski definition) is 0. The summed E-state index contributed by atoms with van der Waals surface area (Å²) in [7, 11) is 0. The molecule has 0 heteroatoms. The summed E-state index contributed by atoms with van der Waals surface area (Å²) in [5, 5.41) is 4.14. The molecule has 0 nitrogen and oxygen atoms in total. The fourth-order valence-corrected chi connectivity index (χ4v) is 5.98. The van der Waals surface area contributed by atoms with Crippen LogP contribution in [-0.4, -0.2) is 0 Å². The Balaban J connectivity index is 1.67.